The van der Waals surface area contributed by atoms with Crippen molar-refractivity contribution in [2.45, 2.75) is 29.6 Å². The summed E-state index contributed by atoms with van der Waals surface area (Å²) in [7, 11) is -7.42. The van der Waals surface area contributed by atoms with Crippen LogP contribution in [0.25, 0.3) is 0 Å². The lowest BCUT2D eigenvalue weighted by atomic mass is 10.1. The maximum absolute atomic E-state index is 13.1. The van der Waals surface area contributed by atoms with Gasteiger partial charge in [0.25, 0.3) is 0 Å². The van der Waals surface area contributed by atoms with Crippen molar-refractivity contribution < 1.29 is 21.2 Å². The van der Waals surface area contributed by atoms with Gasteiger partial charge in [-0.1, -0.05) is 12.1 Å². The SMILES string of the molecule is Cc1cc(F)ccc1S(=O)(=O)NCCCc1ccc(S(N)(=O)=O)cc1. The van der Waals surface area contributed by atoms with E-state index in [1.807, 2.05) is 0 Å². The summed E-state index contributed by atoms with van der Waals surface area (Å²) in [6.45, 7) is 1.74. The summed E-state index contributed by atoms with van der Waals surface area (Å²) in [5, 5.41) is 5.03. The Balaban J connectivity index is 1.92. The van der Waals surface area contributed by atoms with Crippen molar-refractivity contribution in [2.24, 2.45) is 5.14 Å². The van der Waals surface area contributed by atoms with Gasteiger partial charge in [-0.15, -0.1) is 0 Å². The minimum Gasteiger partial charge on any atom is -0.225 e. The zero-order valence-corrected chi connectivity index (χ0v) is 15.2. The van der Waals surface area contributed by atoms with Gasteiger partial charge in [-0.2, -0.15) is 0 Å². The fourth-order valence-corrected chi connectivity index (χ4v) is 4.15. The summed E-state index contributed by atoms with van der Waals surface area (Å²) in [5.74, 6) is -0.487. The van der Waals surface area contributed by atoms with E-state index >= 15 is 0 Å². The van der Waals surface area contributed by atoms with Crippen LogP contribution < -0.4 is 9.86 Å². The van der Waals surface area contributed by atoms with Crippen LogP contribution in [0.15, 0.2) is 52.3 Å². The van der Waals surface area contributed by atoms with Crippen LogP contribution in [0.2, 0.25) is 0 Å². The molecule has 0 amide bonds. The highest BCUT2D eigenvalue weighted by Gasteiger charge is 2.16. The maximum atomic E-state index is 13.1. The smallest absolute Gasteiger partial charge is 0.225 e. The lowest BCUT2D eigenvalue weighted by molar-refractivity contribution is 0.577. The molecule has 0 unspecified atom stereocenters. The molecule has 3 N–H and O–H groups in total. The van der Waals surface area contributed by atoms with Gasteiger partial charge in [-0.3, -0.25) is 0 Å². The van der Waals surface area contributed by atoms with E-state index in [1.54, 1.807) is 12.1 Å². The van der Waals surface area contributed by atoms with Gasteiger partial charge in [-0.05, 0) is 61.2 Å². The fourth-order valence-electron chi connectivity index (χ4n) is 2.34. The molecule has 2 rings (SSSR count). The van der Waals surface area contributed by atoms with E-state index in [0.29, 0.717) is 18.4 Å². The van der Waals surface area contributed by atoms with Crippen LogP contribution in [0.4, 0.5) is 4.39 Å². The summed E-state index contributed by atoms with van der Waals surface area (Å²) in [6.07, 6.45) is 1.09. The minimum absolute atomic E-state index is 0.0312. The van der Waals surface area contributed by atoms with Crippen LogP contribution in [-0.4, -0.2) is 23.4 Å². The Morgan fingerprint density at radius 1 is 1.04 bits per heavy atom. The molecule has 0 spiro atoms. The van der Waals surface area contributed by atoms with Gasteiger partial charge >= 0.3 is 0 Å². The predicted molar refractivity (Wildman–Crippen MR) is 92.5 cm³/mol. The molecule has 0 aromatic heterocycles. The zero-order chi connectivity index (χ0) is 18.7. The van der Waals surface area contributed by atoms with Gasteiger partial charge in [0.2, 0.25) is 20.0 Å². The van der Waals surface area contributed by atoms with Crippen LogP contribution in [0.5, 0.6) is 0 Å². The number of rotatable bonds is 7. The Morgan fingerprint density at radius 3 is 2.24 bits per heavy atom. The minimum atomic E-state index is -3.72. The van der Waals surface area contributed by atoms with Gasteiger partial charge in [0, 0.05) is 6.54 Å². The van der Waals surface area contributed by atoms with Crippen molar-refractivity contribution in [1.29, 1.82) is 0 Å². The molecule has 0 radical (unpaired) electrons. The number of hydrogen-bond acceptors (Lipinski definition) is 4. The van der Waals surface area contributed by atoms with Crippen molar-refractivity contribution in [3.05, 3.63) is 59.4 Å². The van der Waals surface area contributed by atoms with E-state index in [0.717, 1.165) is 11.6 Å². The first-order chi connectivity index (χ1) is 11.6. The standard InChI is InChI=1S/C16H19FN2O4S2/c1-12-11-14(17)6-9-16(12)25(22,23)19-10-2-3-13-4-7-15(8-5-13)24(18,20)21/h4-9,11,19H,2-3,10H2,1H3,(H2,18,20,21). The van der Waals surface area contributed by atoms with E-state index in [9.17, 15) is 21.2 Å². The van der Waals surface area contributed by atoms with Crippen molar-refractivity contribution >= 4 is 20.0 Å². The summed E-state index contributed by atoms with van der Waals surface area (Å²) >= 11 is 0. The number of aryl methyl sites for hydroxylation is 2. The van der Waals surface area contributed by atoms with Crippen molar-refractivity contribution in [3.8, 4) is 0 Å². The molecule has 2 aromatic carbocycles. The summed E-state index contributed by atoms with van der Waals surface area (Å²) in [6, 6.07) is 9.61. The van der Waals surface area contributed by atoms with Crippen LogP contribution in [0.3, 0.4) is 0 Å². The molecular formula is C16H19FN2O4S2. The molecule has 9 heteroatoms. The average molecular weight is 386 g/mol. The fraction of sp³-hybridized carbons (Fsp3) is 0.250. The highest BCUT2D eigenvalue weighted by Crippen LogP contribution is 2.16. The topological polar surface area (TPSA) is 106 Å². The summed E-state index contributed by atoms with van der Waals surface area (Å²) in [4.78, 5) is 0.0788. The molecule has 136 valence electrons. The molecule has 0 bridgehead atoms. The summed E-state index contributed by atoms with van der Waals surface area (Å²) < 4.78 is 62.3. The van der Waals surface area contributed by atoms with Crippen molar-refractivity contribution in [2.75, 3.05) is 6.54 Å². The van der Waals surface area contributed by atoms with Crippen LogP contribution >= 0.6 is 0 Å². The molecule has 0 aliphatic rings. The van der Waals surface area contributed by atoms with E-state index in [2.05, 4.69) is 4.72 Å². The molecule has 0 fully saturated rings. The quantitative estimate of drug-likeness (QED) is 0.706. The second kappa shape index (κ2) is 7.61. The van der Waals surface area contributed by atoms with Gasteiger partial charge in [0.05, 0.1) is 9.79 Å². The first-order valence-corrected chi connectivity index (χ1v) is 10.5. The van der Waals surface area contributed by atoms with Crippen molar-refractivity contribution in [3.63, 3.8) is 0 Å². The molecule has 0 heterocycles. The maximum Gasteiger partial charge on any atom is 0.240 e. The largest absolute Gasteiger partial charge is 0.240 e. The Bertz CT molecular complexity index is 956. The number of halogens is 1. The Labute approximate surface area is 147 Å². The molecule has 6 nitrogen and oxygen atoms in total. The number of primary sulfonamides is 1. The Morgan fingerprint density at radius 2 is 1.68 bits per heavy atom. The molecule has 0 saturated carbocycles. The van der Waals surface area contributed by atoms with Gasteiger partial charge in [-0.25, -0.2) is 31.1 Å². The third-order valence-electron chi connectivity index (χ3n) is 3.61. The van der Waals surface area contributed by atoms with Gasteiger partial charge in [0.1, 0.15) is 5.82 Å². The third kappa shape index (κ3) is 5.33. The summed E-state index contributed by atoms with van der Waals surface area (Å²) in [5.41, 5.74) is 1.20. The Hall–Kier alpha value is -1.81. The molecule has 0 atom stereocenters. The lowest BCUT2D eigenvalue weighted by Gasteiger charge is -2.09. The first kappa shape index (κ1) is 19.5. The molecule has 0 aliphatic heterocycles. The molecule has 0 saturated heterocycles. The highest BCUT2D eigenvalue weighted by molar-refractivity contribution is 7.89. The zero-order valence-electron chi connectivity index (χ0n) is 13.6. The van der Waals surface area contributed by atoms with E-state index in [4.69, 9.17) is 5.14 Å². The predicted octanol–water partition coefficient (Wildman–Crippen LogP) is 1.69. The molecule has 2 aromatic rings. The van der Waals surface area contributed by atoms with E-state index < -0.39 is 25.9 Å². The first-order valence-electron chi connectivity index (χ1n) is 7.47. The van der Waals surface area contributed by atoms with Crippen LogP contribution in [-0.2, 0) is 26.5 Å². The Kier molecular flexibility index (Phi) is 5.94. The number of nitrogens with two attached hydrogens (primary N) is 1. The van der Waals surface area contributed by atoms with Crippen LogP contribution in [0.1, 0.15) is 17.5 Å². The van der Waals surface area contributed by atoms with E-state index in [1.165, 1.54) is 31.2 Å². The molecular weight excluding hydrogens is 367 g/mol. The molecule has 25 heavy (non-hydrogen) atoms. The normalized spacial score (nSPS) is 12.3. The van der Waals surface area contributed by atoms with Crippen molar-refractivity contribution in [1.82, 2.24) is 4.72 Å². The number of hydrogen-bond donors (Lipinski definition) is 2. The highest BCUT2D eigenvalue weighted by atomic mass is 32.2. The third-order valence-corrected chi connectivity index (χ3v) is 6.16. The monoisotopic (exact) mass is 386 g/mol. The van der Waals surface area contributed by atoms with Crippen LogP contribution in [0, 0.1) is 12.7 Å². The number of sulfonamides is 2. The lowest BCUT2D eigenvalue weighted by Crippen LogP contribution is -2.25. The number of benzene rings is 2. The molecule has 0 aliphatic carbocycles. The van der Waals surface area contributed by atoms with E-state index in [-0.39, 0.29) is 16.3 Å². The number of nitrogens with one attached hydrogen (secondary N) is 1. The van der Waals surface area contributed by atoms with Gasteiger partial charge in [0.15, 0.2) is 0 Å². The van der Waals surface area contributed by atoms with Gasteiger partial charge < -0.3 is 0 Å². The second-order valence-corrected chi connectivity index (χ2v) is 8.90. The average Bonchev–Trinajstić information content (AvgIpc) is 2.51. The second-order valence-electron chi connectivity index (χ2n) is 5.60.